The van der Waals surface area contributed by atoms with Crippen molar-refractivity contribution in [3.05, 3.63) is 30.1 Å². The third-order valence-corrected chi connectivity index (χ3v) is 3.94. The fourth-order valence-electron chi connectivity index (χ4n) is 1.95. The predicted octanol–water partition coefficient (Wildman–Crippen LogP) is 2.63. The smallest absolute Gasteiger partial charge is 0.0315 e. The Kier molecular flexibility index (Phi) is 4.03. The van der Waals surface area contributed by atoms with Crippen molar-refractivity contribution >= 4 is 11.8 Å². The Hall–Kier alpha value is -0.540. The van der Waals surface area contributed by atoms with Gasteiger partial charge >= 0.3 is 0 Å². The van der Waals surface area contributed by atoms with E-state index in [0.717, 1.165) is 0 Å². The molecular weight excluding hydrogens is 204 g/mol. The summed E-state index contributed by atoms with van der Waals surface area (Å²) in [5.74, 6) is 2.61. The summed E-state index contributed by atoms with van der Waals surface area (Å²) < 4.78 is 0. The SMILES string of the molecule is C[C@H](NC1CCSCC1)c1cccnc1. The molecule has 0 bridgehead atoms. The highest BCUT2D eigenvalue weighted by Gasteiger charge is 2.16. The molecule has 0 aliphatic carbocycles. The number of hydrogen-bond acceptors (Lipinski definition) is 3. The van der Waals surface area contributed by atoms with Gasteiger partial charge < -0.3 is 5.32 Å². The van der Waals surface area contributed by atoms with Crippen LogP contribution in [0.15, 0.2) is 24.5 Å². The summed E-state index contributed by atoms with van der Waals surface area (Å²) in [5, 5.41) is 3.68. The van der Waals surface area contributed by atoms with E-state index < -0.39 is 0 Å². The molecule has 0 spiro atoms. The van der Waals surface area contributed by atoms with Crippen LogP contribution in [0, 0.1) is 0 Å². The maximum atomic E-state index is 4.15. The van der Waals surface area contributed by atoms with Crippen molar-refractivity contribution in [3.63, 3.8) is 0 Å². The zero-order valence-corrected chi connectivity index (χ0v) is 9.96. The van der Waals surface area contributed by atoms with Crippen LogP contribution in [-0.2, 0) is 0 Å². The molecule has 0 saturated carbocycles. The third kappa shape index (κ3) is 3.21. The number of hydrogen-bond donors (Lipinski definition) is 1. The first-order valence-corrected chi connectivity index (χ1v) is 6.75. The van der Waals surface area contributed by atoms with Crippen molar-refractivity contribution in [2.75, 3.05) is 11.5 Å². The van der Waals surface area contributed by atoms with Crippen LogP contribution in [0.2, 0.25) is 0 Å². The van der Waals surface area contributed by atoms with Gasteiger partial charge in [-0.1, -0.05) is 6.07 Å². The molecule has 1 fully saturated rings. The fourth-order valence-corrected chi connectivity index (χ4v) is 3.05. The minimum atomic E-state index is 0.423. The first-order chi connectivity index (χ1) is 7.36. The Morgan fingerprint density at radius 2 is 2.27 bits per heavy atom. The Bertz CT molecular complexity index is 283. The first kappa shape index (κ1) is 11.0. The van der Waals surface area contributed by atoms with Crippen molar-refractivity contribution < 1.29 is 0 Å². The van der Waals surface area contributed by atoms with Gasteiger partial charge in [-0.15, -0.1) is 0 Å². The lowest BCUT2D eigenvalue weighted by Gasteiger charge is -2.26. The molecule has 0 amide bonds. The van der Waals surface area contributed by atoms with E-state index >= 15 is 0 Å². The number of pyridine rings is 1. The van der Waals surface area contributed by atoms with Crippen molar-refractivity contribution in [1.29, 1.82) is 0 Å². The van der Waals surface area contributed by atoms with E-state index in [4.69, 9.17) is 0 Å². The Morgan fingerprint density at radius 1 is 1.47 bits per heavy atom. The summed E-state index contributed by atoms with van der Waals surface area (Å²) in [6.07, 6.45) is 6.38. The van der Waals surface area contributed by atoms with Gasteiger partial charge in [0.05, 0.1) is 0 Å². The van der Waals surface area contributed by atoms with Crippen molar-refractivity contribution in [2.45, 2.75) is 31.8 Å². The molecule has 1 atom stereocenters. The maximum absolute atomic E-state index is 4.15. The quantitative estimate of drug-likeness (QED) is 0.851. The van der Waals surface area contributed by atoms with Crippen LogP contribution in [0.1, 0.15) is 31.4 Å². The summed E-state index contributed by atoms with van der Waals surface area (Å²) in [6, 6.07) is 5.26. The van der Waals surface area contributed by atoms with E-state index in [2.05, 4.69) is 35.1 Å². The van der Waals surface area contributed by atoms with Crippen molar-refractivity contribution in [1.82, 2.24) is 10.3 Å². The first-order valence-electron chi connectivity index (χ1n) is 5.60. The molecule has 1 N–H and O–H groups in total. The van der Waals surface area contributed by atoms with Gasteiger partial charge in [0.15, 0.2) is 0 Å². The molecule has 2 heterocycles. The highest BCUT2D eigenvalue weighted by molar-refractivity contribution is 7.99. The highest BCUT2D eigenvalue weighted by atomic mass is 32.2. The van der Waals surface area contributed by atoms with Gasteiger partial charge in [0, 0.05) is 24.5 Å². The topological polar surface area (TPSA) is 24.9 Å². The summed E-state index contributed by atoms with van der Waals surface area (Å²) in [6.45, 7) is 2.22. The standard InChI is InChI=1S/C12H18N2S/c1-10(11-3-2-6-13-9-11)14-12-4-7-15-8-5-12/h2-3,6,9-10,12,14H,4-5,7-8H2,1H3/t10-/m0/s1. The summed E-state index contributed by atoms with van der Waals surface area (Å²) in [4.78, 5) is 4.15. The van der Waals surface area contributed by atoms with E-state index in [9.17, 15) is 0 Å². The van der Waals surface area contributed by atoms with E-state index in [1.807, 2.05) is 18.5 Å². The van der Waals surface area contributed by atoms with Gasteiger partial charge in [0.1, 0.15) is 0 Å². The molecular formula is C12H18N2S. The minimum Gasteiger partial charge on any atom is -0.307 e. The van der Waals surface area contributed by atoms with Gasteiger partial charge in [0.25, 0.3) is 0 Å². The molecule has 1 aliphatic heterocycles. The van der Waals surface area contributed by atoms with Gasteiger partial charge in [0.2, 0.25) is 0 Å². The highest BCUT2D eigenvalue weighted by Crippen LogP contribution is 2.20. The number of thioether (sulfide) groups is 1. The monoisotopic (exact) mass is 222 g/mol. The molecule has 15 heavy (non-hydrogen) atoms. The molecule has 1 aliphatic rings. The molecule has 1 aromatic rings. The molecule has 1 aromatic heterocycles. The van der Waals surface area contributed by atoms with Crippen LogP contribution in [0.4, 0.5) is 0 Å². The molecule has 2 nitrogen and oxygen atoms in total. The minimum absolute atomic E-state index is 0.423. The molecule has 0 radical (unpaired) electrons. The molecule has 2 rings (SSSR count). The Balaban J connectivity index is 1.88. The lowest BCUT2D eigenvalue weighted by molar-refractivity contribution is 0.430. The van der Waals surface area contributed by atoms with E-state index in [0.29, 0.717) is 12.1 Å². The molecule has 3 heteroatoms. The number of nitrogens with one attached hydrogen (secondary N) is 1. The van der Waals surface area contributed by atoms with E-state index in [-0.39, 0.29) is 0 Å². The average molecular weight is 222 g/mol. The zero-order valence-electron chi connectivity index (χ0n) is 9.15. The average Bonchev–Trinajstić information content (AvgIpc) is 2.31. The summed E-state index contributed by atoms with van der Waals surface area (Å²) in [7, 11) is 0. The van der Waals surface area contributed by atoms with Gasteiger partial charge in [-0.3, -0.25) is 4.98 Å². The number of rotatable bonds is 3. The van der Waals surface area contributed by atoms with Crippen LogP contribution < -0.4 is 5.32 Å². The zero-order chi connectivity index (χ0) is 10.5. The third-order valence-electron chi connectivity index (χ3n) is 2.89. The molecule has 0 unspecified atom stereocenters. The van der Waals surface area contributed by atoms with E-state index in [1.54, 1.807) is 0 Å². The molecule has 82 valence electrons. The van der Waals surface area contributed by atoms with Crippen molar-refractivity contribution in [2.24, 2.45) is 0 Å². The van der Waals surface area contributed by atoms with Crippen LogP contribution in [0.25, 0.3) is 0 Å². The summed E-state index contributed by atoms with van der Waals surface area (Å²) >= 11 is 2.07. The van der Waals surface area contributed by atoms with E-state index in [1.165, 1.54) is 29.9 Å². The number of aromatic nitrogens is 1. The lowest BCUT2D eigenvalue weighted by Crippen LogP contribution is -2.34. The maximum Gasteiger partial charge on any atom is 0.0315 e. The molecule has 1 saturated heterocycles. The second kappa shape index (κ2) is 5.52. The number of nitrogens with zero attached hydrogens (tertiary/aromatic N) is 1. The second-order valence-corrected chi connectivity index (χ2v) is 5.29. The van der Waals surface area contributed by atoms with Gasteiger partial charge in [-0.25, -0.2) is 0 Å². The fraction of sp³-hybridized carbons (Fsp3) is 0.583. The predicted molar refractivity (Wildman–Crippen MR) is 66.1 cm³/mol. The Morgan fingerprint density at radius 3 is 2.93 bits per heavy atom. The van der Waals surface area contributed by atoms with Crippen LogP contribution in [-0.4, -0.2) is 22.5 Å². The Labute approximate surface area is 95.9 Å². The van der Waals surface area contributed by atoms with Crippen LogP contribution >= 0.6 is 11.8 Å². The van der Waals surface area contributed by atoms with Gasteiger partial charge in [-0.2, -0.15) is 11.8 Å². The van der Waals surface area contributed by atoms with Gasteiger partial charge in [-0.05, 0) is 42.9 Å². The summed E-state index contributed by atoms with van der Waals surface area (Å²) in [5.41, 5.74) is 1.29. The molecule has 0 aromatic carbocycles. The largest absolute Gasteiger partial charge is 0.307 e. The van der Waals surface area contributed by atoms with Crippen LogP contribution in [0.3, 0.4) is 0 Å². The van der Waals surface area contributed by atoms with Crippen molar-refractivity contribution in [3.8, 4) is 0 Å². The lowest BCUT2D eigenvalue weighted by atomic mass is 10.1. The van der Waals surface area contributed by atoms with Crippen LogP contribution in [0.5, 0.6) is 0 Å². The normalized spacial score (nSPS) is 20.1. The second-order valence-electron chi connectivity index (χ2n) is 4.06.